The second kappa shape index (κ2) is 9.05. The molecule has 0 atom stereocenters. The first-order valence-electron chi connectivity index (χ1n) is 9.09. The number of hydrogen-bond donors (Lipinski definition) is 0. The molecule has 0 aromatic heterocycles. The number of nitrogens with zero attached hydrogens (tertiary/aromatic N) is 3. The minimum atomic E-state index is -0.557. The van der Waals surface area contributed by atoms with Crippen LogP contribution in [-0.2, 0) is 9.59 Å². The molecule has 2 aromatic carbocycles. The number of nitro benzene ring substituents is 1. The van der Waals surface area contributed by atoms with Gasteiger partial charge in [0.05, 0.1) is 17.2 Å². The van der Waals surface area contributed by atoms with E-state index < -0.39 is 10.8 Å². The third-order valence-electron chi connectivity index (χ3n) is 4.47. The Balaban J connectivity index is 1.57. The first-order chi connectivity index (χ1) is 14.0. The number of non-ortho nitro benzene ring substituents is 1. The van der Waals surface area contributed by atoms with Gasteiger partial charge < -0.3 is 14.4 Å². The van der Waals surface area contributed by atoms with Crippen molar-refractivity contribution in [3.05, 3.63) is 58.6 Å². The van der Waals surface area contributed by atoms with Crippen LogP contribution in [0.2, 0.25) is 0 Å². The van der Waals surface area contributed by atoms with Crippen LogP contribution in [-0.4, -0.2) is 55.0 Å². The highest BCUT2D eigenvalue weighted by Gasteiger charge is 2.29. The van der Waals surface area contributed by atoms with E-state index in [2.05, 4.69) is 0 Å². The maximum Gasteiger partial charge on any atom is 0.271 e. The van der Waals surface area contributed by atoms with Crippen LogP contribution < -0.4 is 14.4 Å². The van der Waals surface area contributed by atoms with Crippen molar-refractivity contribution < 1.29 is 24.0 Å². The Bertz CT molecular complexity index is 902. The smallest absolute Gasteiger partial charge is 0.271 e. The van der Waals surface area contributed by atoms with Gasteiger partial charge in [0.1, 0.15) is 18.0 Å². The zero-order valence-corrected chi connectivity index (χ0v) is 15.9. The lowest BCUT2D eigenvalue weighted by Crippen LogP contribution is -2.45. The summed E-state index contributed by atoms with van der Waals surface area (Å²) >= 11 is 0. The van der Waals surface area contributed by atoms with Gasteiger partial charge in [-0.15, -0.1) is 0 Å². The fourth-order valence-electron chi connectivity index (χ4n) is 2.87. The van der Waals surface area contributed by atoms with E-state index in [-0.39, 0.29) is 30.4 Å². The fourth-order valence-corrected chi connectivity index (χ4v) is 2.87. The lowest BCUT2D eigenvalue weighted by Gasteiger charge is -2.30. The molecule has 0 saturated heterocycles. The number of anilines is 1. The van der Waals surface area contributed by atoms with E-state index in [9.17, 15) is 19.7 Å². The van der Waals surface area contributed by atoms with Crippen molar-refractivity contribution in [1.29, 1.82) is 0 Å². The van der Waals surface area contributed by atoms with Crippen molar-refractivity contribution in [1.82, 2.24) is 4.90 Å². The molecule has 1 aliphatic rings. The largest absolute Gasteiger partial charge is 0.494 e. The maximum atomic E-state index is 12.6. The molecule has 0 N–H and O–H groups in total. The topological polar surface area (TPSA) is 102 Å². The van der Waals surface area contributed by atoms with Crippen LogP contribution in [0.3, 0.4) is 0 Å². The predicted octanol–water partition coefficient (Wildman–Crippen LogP) is 2.25. The highest BCUT2D eigenvalue weighted by atomic mass is 16.6. The van der Waals surface area contributed by atoms with E-state index in [4.69, 9.17) is 9.47 Å². The molecule has 9 heteroatoms. The standard InChI is InChI=1S/C20H21N3O6/c1-21(10-5-11-28-16-6-3-2-4-7-16)19(24)13-22-17-12-15(23(26)27)8-9-18(17)29-14-20(22)25/h2-4,6-9,12H,5,10-11,13-14H2,1H3. The molecule has 2 aromatic rings. The zero-order chi connectivity index (χ0) is 20.8. The Labute approximate surface area is 167 Å². The van der Waals surface area contributed by atoms with Gasteiger partial charge in [0, 0.05) is 25.7 Å². The Hall–Kier alpha value is -3.62. The number of carbonyl (C=O) groups excluding carboxylic acids is 2. The molecule has 0 aliphatic carbocycles. The van der Waals surface area contributed by atoms with Crippen molar-refractivity contribution in [3.8, 4) is 11.5 Å². The number of carbonyl (C=O) groups is 2. The van der Waals surface area contributed by atoms with E-state index in [1.54, 1.807) is 7.05 Å². The van der Waals surface area contributed by atoms with E-state index in [0.29, 0.717) is 25.3 Å². The van der Waals surface area contributed by atoms with Crippen LogP contribution >= 0.6 is 0 Å². The quantitative estimate of drug-likeness (QED) is 0.383. The van der Waals surface area contributed by atoms with E-state index in [1.807, 2.05) is 30.3 Å². The van der Waals surface area contributed by atoms with Gasteiger partial charge in [-0.3, -0.25) is 24.6 Å². The highest BCUT2D eigenvalue weighted by molar-refractivity contribution is 6.02. The summed E-state index contributed by atoms with van der Waals surface area (Å²) in [6, 6.07) is 13.4. The van der Waals surface area contributed by atoms with Crippen LogP contribution in [0.15, 0.2) is 48.5 Å². The number of rotatable bonds is 8. The van der Waals surface area contributed by atoms with Gasteiger partial charge >= 0.3 is 0 Å². The molecule has 1 aliphatic heterocycles. The Morgan fingerprint density at radius 1 is 1.28 bits per heavy atom. The minimum Gasteiger partial charge on any atom is -0.494 e. The van der Waals surface area contributed by atoms with Crippen molar-refractivity contribution in [2.45, 2.75) is 6.42 Å². The molecule has 2 amide bonds. The SMILES string of the molecule is CN(CCCOc1ccccc1)C(=O)CN1C(=O)COc2ccc([N+](=O)[O-])cc21. The van der Waals surface area contributed by atoms with Crippen LogP contribution in [0.4, 0.5) is 11.4 Å². The first-order valence-corrected chi connectivity index (χ1v) is 9.09. The summed E-state index contributed by atoms with van der Waals surface area (Å²) in [5.74, 6) is 0.394. The Morgan fingerprint density at radius 3 is 2.76 bits per heavy atom. The lowest BCUT2D eigenvalue weighted by atomic mass is 10.2. The average molecular weight is 399 g/mol. The van der Waals surface area contributed by atoms with Crippen molar-refractivity contribution in [2.75, 3.05) is 38.3 Å². The summed E-state index contributed by atoms with van der Waals surface area (Å²) in [4.78, 5) is 38.0. The summed E-state index contributed by atoms with van der Waals surface area (Å²) in [5.41, 5.74) is 0.0514. The molecular weight excluding hydrogens is 378 g/mol. The second-order valence-electron chi connectivity index (χ2n) is 6.51. The number of ether oxygens (including phenoxy) is 2. The van der Waals surface area contributed by atoms with Gasteiger partial charge in [-0.2, -0.15) is 0 Å². The Kier molecular flexibility index (Phi) is 6.28. The molecule has 152 valence electrons. The van der Waals surface area contributed by atoms with Crippen LogP contribution in [0.5, 0.6) is 11.5 Å². The number of nitro groups is 1. The fraction of sp³-hybridized carbons (Fsp3) is 0.300. The third kappa shape index (κ3) is 5.01. The molecule has 0 fully saturated rings. The minimum absolute atomic E-state index is 0.175. The maximum absolute atomic E-state index is 12.6. The number of para-hydroxylation sites is 1. The average Bonchev–Trinajstić information content (AvgIpc) is 2.73. The van der Waals surface area contributed by atoms with E-state index in [1.165, 1.54) is 28.0 Å². The molecule has 0 saturated carbocycles. The number of hydrogen-bond acceptors (Lipinski definition) is 6. The Morgan fingerprint density at radius 2 is 2.03 bits per heavy atom. The zero-order valence-electron chi connectivity index (χ0n) is 15.9. The summed E-state index contributed by atoms with van der Waals surface area (Å²) in [6.07, 6.45) is 0.621. The first kappa shape index (κ1) is 20.1. The second-order valence-corrected chi connectivity index (χ2v) is 6.51. The van der Waals surface area contributed by atoms with Crippen molar-refractivity contribution in [2.24, 2.45) is 0 Å². The van der Waals surface area contributed by atoms with Crippen molar-refractivity contribution in [3.63, 3.8) is 0 Å². The van der Waals surface area contributed by atoms with Crippen LogP contribution in [0.1, 0.15) is 6.42 Å². The number of fused-ring (bicyclic) bond motifs is 1. The molecule has 1 heterocycles. The number of likely N-dealkylation sites (N-methyl/N-ethyl adjacent to an activating group) is 1. The van der Waals surface area contributed by atoms with Gasteiger partial charge in [0.2, 0.25) is 5.91 Å². The predicted molar refractivity (Wildman–Crippen MR) is 105 cm³/mol. The van der Waals surface area contributed by atoms with Crippen LogP contribution in [0, 0.1) is 10.1 Å². The molecule has 29 heavy (non-hydrogen) atoms. The summed E-state index contributed by atoms with van der Waals surface area (Å²) in [7, 11) is 1.64. The summed E-state index contributed by atoms with van der Waals surface area (Å²) in [6.45, 7) is 0.470. The highest BCUT2D eigenvalue weighted by Crippen LogP contribution is 2.35. The van der Waals surface area contributed by atoms with E-state index in [0.717, 1.165) is 5.75 Å². The molecule has 0 spiro atoms. The third-order valence-corrected chi connectivity index (χ3v) is 4.47. The molecule has 0 bridgehead atoms. The van der Waals surface area contributed by atoms with Crippen LogP contribution in [0.25, 0.3) is 0 Å². The molecule has 9 nitrogen and oxygen atoms in total. The summed E-state index contributed by atoms with van der Waals surface area (Å²) in [5, 5.41) is 11.0. The van der Waals surface area contributed by atoms with Gasteiger partial charge in [0.25, 0.3) is 11.6 Å². The number of benzene rings is 2. The van der Waals surface area contributed by atoms with Gasteiger partial charge in [-0.05, 0) is 24.6 Å². The van der Waals surface area contributed by atoms with Gasteiger partial charge in [-0.25, -0.2) is 0 Å². The van der Waals surface area contributed by atoms with Gasteiger partial charge in [-0.1, -0.05) is 18.2 Å². The summed E-state index contributed by atoms with van der Waals surface area (Å²) < 4.78 is 10.9. The molecule has 0 unspecified atom stereocenters. The number of amides is 2. The molecular formula is C20H21N3O6. The normalized spacial score (nSPS) is 12.7. The van der Waals surface area contributed by atoms with Crippen molar-refractivity contribution >= 4 is 23.2 Å². The monoisotopic (exact) mass is 399 g/mol. The molecule has 0 radical (unpaired) electrons. The van der Waals surface area contributed by atoms with Gasteiger partial charge in [0.15, 0.2) is 6.61 Å². The lowest BCUT2D eigenvalue weighted by molar-refractivity contribution is -0.384. The van der Waals surface area contributed by atoms with E-state index >= 15 is 0 Å². The molecule has 3 rings (SSSR count).